The van der Waals surface area contributed by atoms with Crippen LogP contribution >= 0.6 is 0 Å². The van der Waals surface area contributed by atoms with Gasteiger partial charge in [0.25, 0.3) is 5.91 Å². The van der Waals surface area contributed by atoms with Gasteiger partial charge in [-0.25, -0.2) is 0 Å². The second kappa shape index (κ2) is 6.58. The van der Waals surface area contributed by atoms with Crippen molar-refractivity contribution in [3.05, 3.63) is 59.9 Å². The van der Waals surface area contributed by atoms with Crippen LogP contribution in [0.25, 0.3) is 0 Å². The molecule has 1 spiro atoms. The average molecular weight is 391 g/mol. The van der Waals surface area contributed by atoms with Crippen LogP contribution in [0.2, 0.25) is 0 Å². The molecule has 2 N–H and O–H groups in total. The summed E-state index contributed by atoms with van der Waals surface area (Å²) in [6, 6.07) is 13.1. The zero-order chi connectivity index (χ0) is 20.1. The van der Waals surface area contributed by atoms with Crippen LogP contribution in [0.4, 0.5) is 0 Å². The fraction of sp³-hybridized carbons (Fsp3) is 0.435. The van der Waals surface area contributed by atoms with Crippen molar-refractivity contribution in [3.8, 4) is 5.75 Å². The van der Waals surface area contributed by atoms with E-state index >= 15 is 0 Å². The normalized spacial score (nSPS) is 32.2. The number of benzene rings is 1. The van der Waals surface area contributed by atoms with Gasteiger partial charge in [-0.2, -0.15) is 0 Å². The molecule has 3 saturated carbocycles. The van der Waals surface area contributed by atoms with Gasteiger partial charge in [-0.3, -0.25) is 14.6 Å². The van der Waals surface area contributed by atoms with Gasteiger partial charge in [0, 0.05) is 24.5 Å². The maximum absolute atomic E-state index is 13.0. The van der Waals surface area contributed by atoms with Crippen molar-refractivity contribution >= 4 is 11.8 Å². The molecule has 6 heteroatoms. The zero-order valence-corrected chi connectivity index (χ0v) is 16.5. The first kappa shape index (κ1) is 18.2. The molecule has 2 amide bonds. The molecule has 150 valence electrons. The number of aromatic nitrogens is 1. The van der Waals surface area contributed by atoms with Crippen LogP contribution in [0, 0.1) is 17.3 Å². The molecule has 29 heavy (non-hydrogen) atoms. The van der Waals surface area contributed by atoms with Crippen LogP contribution in [-0.2, 0) is 11.3 Å². The maximum Gasteiger partial charge on any atom is 0.258 e. The minimum absolute atomic E-state index is 0.0697. The van der Waals surface area contributed by atoms with E-state index < -0.39 is 5.72 Å². The number of ether oxygens (including phenoxy) is 1. The Morgan fingerprint density at radius 1 is 1.28 bits per heavy atom. The van der Waals surface area contributed by atoms with E-state index in [9.17, 15) is 9.59 Å². The van der Waals surface area contributed by atoms with Crippen molar-refractivity contribution < 1.29 is 14.3 Å². The summed E-state index contributed by atoms with van der Waals surface area (Å²) < 4.78 is 6.41. The SMILES string of the molecule is CC12CCC(CC1C(=O)NCc1ccccn1)C1(C2)NC(=O)c2ccccc2O1. The number of carbonyl (C=O) groups is 2. The number of pyridine rings is 1. The van der Waals surface area contributed by atoms with E-state index in [4.69, 9.17) is 4.74 Å². The molecular formula is C23H25N3O3. The lowest BCUT2D eigenvalue weighted by atomic mass is 9.52. The van der Waals surface area contributed by atoms with Crippen LogP contribution < -0.4 is 15.4 Å². The first-order valence-electron chi connectivity index (χ1n) is 10.3. The van der Waals surface area contributed by atoms with Crippen molar-refractivity contribution in [3.63, 3.8) is 0 Å². The number of carbonyl (C=O) groups excluding carboxylic acids is 2. The number of para-hydroxylation sites is 1. The van der Waals surface area contributed by atoms with Crippen LogP contribution in [0.15, 0.2) is 48.7 Å². The molecule has 2 bridgehead atoms. The fourth-order valence-electron chi connectivity index (χ4n) is 5.46. The molecule has 1 aliphatic heterocycles. The molecule has 2 heterocycles. The number of hydrogen-bond acceptors (Lipinski definition) is 4. The number of hydrogen-bond donors (Lipinski definition) is 2. The fourth-order valence-corrected chi connectivity index (χ4v) is 5.46. The Hall–Kier alpha value is -2.89. The Morgan fingerprint density at radius 2 is 2.10 bits per heavy atom. The van der Waals surface area contributed by atoms with E-state index in [1.165, 1.54) is 0 Å². The quantitative estimate of drug-likeness (QED) is 0.843. The van der Waals surface area contributed by atoms with Gasteiger partial charge < -0.3 is 15.4 Å². The summed E-state index contributed by atoms with van der Waals surface area (Å²) in [5.74, 6) is 0.656. The Balaban J connectivity index is 1.35. The Morgan fingerprint density at radius 3 is 2.90 bits per heavy atom. The van der Waals surface area contributed by atoms with Crippen molar-refractivity contribution in [2.45, 2.75) is 44.9 Å². The second-order valence-electron chi connectivity index (χ2n) is 8.84. The molecule has 0 saturated heterocycles. The molecule has 4 atom stereocenters. The minimum Gasteiger partial charge on any atom is -0.467 e. The molecule has 3 aliphatic carbocycles. The van der Waals surface area contributed by atoms with E-state index in [2.05, 4.69) is 22.5 Å². The Kier molecular flexibility index (Phi) is 4.12. The summed E-state index contributed by atoms with van der Waals surface area (Å²) in [6.07, 6.45) is 5.00. The lowest BCUT2D eigenvalue weighted by molar-refractivity contribution is -0.167. The van der Waals surface area contributed by atoms with Gasteiger partial charge in [0.2, 0.25) is 5.91 Å². The average Bonchev–Trinajstić information content (AvgIpc) is 2.72. The predicted octanol–water partition coefficient (Wildman–Crippen LogP) is 3.04. The van der Waals surface area contributed by atoms with Crippen LogP contribution in [-0.4, -0.2) is 22.5 Å². The summed E-state index contributed by atoms with van der Waals surface area (Å²) in [6.45, 7) is 2.59. The van der Waals surface area contributed by atoms with Gasteiger partial charge in [-0.1, -0.05) is 25.1 Å². The molecule has 4 unspecified atom stereocenters. The van der Waals surface area contributed by atoms with Crippen molar-refractivity contribution in [2.75, 3.05) is 0 Å². The van der Waals surface area contributed by atoms with E-state index in [1.807, 2.05) is 36.4 Å². The van der Waals surface area contributed by atoms with Crippen molar-refractivity contribution in [1.29, 1.82) is 0 Å². The summed E-state index contributed by atoms with van der Waals surface area (Å²) in [5.41, 5.74) is 0.496. The highest BCUT2D eigenvalue weighted by atomic mass is 16.5. The molecule has 2 aromatic rings. The third-order valence-electron chi connectivity index (χ3n) is 6.99. The van der Waals surface area contributed by atoms with E-state index in [-0.39, 0.29) is 29.1 Å². The summed E-state index contributed by atoms with van der Waals surface area (Å²) in [4.78, 5) is 30.0. The topological polar surface area (TPSA) is 80.3 Å². The highest BCUT2D eigenvalue weighted by Crippen LogP contribution is 2.58. The molecule has 4 aliphatic rings. The van der Waals surface area contributed by atoms with Gasteiger partial charge in [0.15, 0.2) is 5.72 Å². The second-order valence-corrected chi connectivity index (χ2v) is 8.84. The monoisotopic (exact) mass is 391 g/mol. The maximum atomic E-state index is 13.0. The lowest BCUT2D eigenvalue weighted by Gasteiger charge is -2.59. The third kappa shape index (κ3) is 2.98. The molecule has 3 fully saturated rings. The molecule has 6 rings (SSSR count). The van der Waals surface area contributed by atoms with Gasteiger partial charge >= 0.3 is 0 Å². The highest BCUT2D eigenvalue weighted by molar-refractivity contribution is 5.98. The lowest BCUT2D eigenvalue weighted by Crippen LogP contribution is -2.69. The largest absolute Gasteiger partial charge is 0.467 e. The van der Waals surface area contributed by atoms with Gasteiger partial charge in [-0.15, -0.1) is 0 Å². The van der Waals surface area contributed by atoms with Crippen LogP contribution in [0.1, 0.15) is 48.7 Å². The van der Waals surface area contributed by atoms with Gasteiger partial charge in [0.1, 0.15) is 5.75 Å². The van der Waals surface area contributed by atoms with Gasteiger partial charge in [-0.05, 0) is 48.9 Å². The Bertz CT molecular complexity index is 963. The first-order valence-corrected chi connectivity index (χ1v) is 10.3. The Labute approximate surface area is 170 Å². The molecule has 1 aromatic heterocycles. The number of nitrogens with one attached hydrogen (secondary N) is 2. The van der Waals surface area contributed by atoms with E-state index in [0.29, 0.717) is 30.7 Å². The van der Waals surface area contributed by atoms with Crippen LogP contribution in [0.5, 0.6) is 5.75 Å². The number of nitrogens with zero attached hydrogens (tertiary/aromatic N) is 1. The summed E-state index contributed by atoms with van der Waals surface area (Å²) >= 11 is 0. The highest BCUT2D eigenvalue weighted by Gasteiger charge is 2.61. The van der Waals surface area contributed by atoms with Gasteiger partial charge in [0.05, 0.1) is 17.8 Å². The van der Waals surface area contributed by atoms with E-state index in [1.54, 1.807) is 12.3 Å². The predicted molar refractivity (Wildman–Crippen MR) is 107 cm³/mol. The van der Waals surface area contributed by atoms with Crippen LogP contribution in [0.3, 0.4) is 0 Å². The number of fused-ring (bicyclic) bond motifs is 3. The number of rotatable bonds is 3. The molecule has 1 aromatic carbocycles. The standard InChI is InChI=1S/C23H25N3O3/c1-22-10-9-15(12-18(22)21(28)25-13-16-6-4-5-11-24-16)23(14-22)26-20(27)17-7-2-3-8-19(17)29-23/h2-8,11,15,18H,9-10,12-14H2,1H3,(H,25,28)(H,26,27). The minimum atomic E-state index is -0.712. The van der Waals surface area contributed by atoms with Crippen molar-refractivity contribution in [1.82, 2.24) is 15.6 Å². The van der Waals surface area contributed by atoms with Crippen molar-refractivity contribution in [2.24, 2.45) is 17.3 Å². The molecule has 0 radical (unpaired) electrons. The number of amides is 2. The molecule has 6 nitrogen and oxygen atoms in total. The zero-order valence-electron chi connectivity index (χ0n) is 16.5. The summed E-state index contributed by atoms with van der Waals surface area (Å²) in [7, 11) is 0. The molecular weight excluding hydrogens is 366 g/mol. The third-order valence-corrected chi connectivity index (χ3v) is 6.99. The van der Waals surface area contributed by atoms with E-state index in [0.717, 1.165) is 18.5 Å². The summed E-state index contributed by atoms with van der Waals surface area (Å²) in [5, 5.41) is 6.22. The smallest absolute Gasteiger partial charge is 0.258 e. The first-order chi connectivity index (χ1) is 14.0.